The Morgan fingerprint density at radius 1 is 0.870 bits per heavy atom. The van der Waals surface area contributed by atoms with Crippen LogP contribution in [0.15, 0.2) is 60.7 Å². The van der Waals surface area contributed by atoms with Gasteiger partial charge in [-0.2, -0.15) is 0 Å². The van der Waals surface area contributed by atoms with Crippen LogP contribution in [0.1, 0.15) is 95.6 Å². The van der Waals surface area contributed by atoms with Gasteiger partial charge >= 0.3 is 5.97 Å². The van der Waals surface area contributed by atoms with Crippen molar-refractivity contribution in [2.24, 2.45) is 5.73 Å². The number of unbranched alkanes of at least 4 members (excludes halogenated alkanes) is 5. The van der Waals surface area contributed by atoms with E-state index in [1.54, 1.807) is 11.0 Å². The molecule has 9 nitrogen and oxygen atoms in total. The van der Waals surface area contributed by atoms with Crippen LogP contribution in [0.3, 0.4) is 0 Å². The highest BCUT2D eigenvalue weighted by Crippen LogP contribution is 2.24. The zero-order valence-corrected chi connectivity index (χ0v) is 27.4. The fourth-order valence-electron chi connectivity index (χ4n) is 5.88. The highest BCUT2D eigenvalue weighted by atomic mass is 16.4. The number of carbonyl (C=O) groups excluding carboxylic acids is 3. The van der Waals surface area contributed by atoms with Gasteiger partial charge in [-0.05, 0) is 67.9 Å². The minimum absolute atomic E-state index is 0.0359. The predicted molar refractivity (Wildman–Crippen MR) is 182 cm³/mol. The van der Waals surface area contributed by atoms with Crippen LogP contribution in [0.4, 0.5) is 5.82 Å². The summed E-state index contributed by atoms with van der Waals surface area (Å²) >= 11 is 0. The second-order valence-corrected chi connectivity index (χ2v) is 12.1. The maximum Gasteiger partial charge on any atom is 0.303 e. The highest BCUT2D eigenvalue weighted by Gasteiger charge is 2.35. The lowest BCUT2D eigenvalue weighted by atomic mass is 9.97. The molecule has 0 saturated heterocycles. The van der Waals surface area contributed by atoms with E-state index in [0.29, 0.717) is 37.1 Å². The third-order valence-corrected chi connectivity index (χ3v) is 8.43. The average Bonchev–Trinajstić information content (AvgIpc) is 3.04. The monoisotopic (exact) mass is 630 g/mol. The summed E-state index contributed by atoms with van der Waals surface area (Å²) in [6, 6.07) is 17.8. The van der Waals surface area contributed by atoms with Gasteiger partial charge in [-0.1, -0.05) is 88.4 Å². The van der Waals surface area contributed by atoms with Gasteiger partial charge in [-0.25, -0.2) is 4.98 Å². The fraction of sp³-hybridized carbons (Fsp3) is 0.486. The van der Waals surface area contributed by atoms with Gasteiger partial charge in [-0.3, -0.25) is 24.1 Å². The molecular formula is C37H50N4O5. The number of amides is 3. The van der Waals surface area contributed by atoms with Crippen molar-refractivity contribution in [1.29, 1.82) is 0 Å². The number of rotatable bonds is 22. The summed E-state index contributed by atoms with van der Waals surface area (Å²) in [6.45, 7) is 4.60. The van der Waals surface area contributed by atoms with Gasteiger partial charge in [0.2, 0.25) is 18.2 Å². The molecule has 1 heterocycles. The lowest BCUT2D eigenvalue weighted by molar-refractivity contribution is -0.139. The molecule has 0 aliphatic heterocycles. The minimum atomic E-state index is -1.01. The summed E-state index contributed by atoms with van der Waals surface area (Å²) in [4.78, 5) is 58.5. The molecule has 1 aromatic heterocycles. The summed E-state index contributed by atoms with van der Waals surface area (Å²) in [5.74, 6) is -1.55. The number of benzene rings is 2. The number of hydrogen-bond donors (Lipinski definition) is 2. The third-order valence-electron chi connectivity index (χ3n) is 8.43. The predicted octanol–water partition coefficient (Wildman–Crippen LogP) is 6.45. The number of aryl methyl sites for hydroxylation is 1. The number of aliphatic carboxylic acids is 1. The Balaban J connectivity index is 1.91. The molecule has 0 spiro atoms. The highest BCUT2D eigenvalue weighted by molar-refractivity contribution is 5.93. The maximum absolute atomic E-state index is 14.5. The van der Waals surface area contributed by atoms with E-state index >= 15 is 0 Å². The number of carbonyl (C=O) groups is 4. The molecule has 2 aromatic carbocycles. The maximum atomic E-state index is 14.5. The molecule has 46 heavy (non-hydrogen) atoms. The normalized spacial score (nSPS) is 12.4. The Bertz CT molecular complexity index is 1410. The second-order valence-electron chi connectivity index (χ2n) is 12.1. The molecule has 3 aromatic rings. The van der Waals surface area contributed by atoms with Crippen LogP contribution in [0, 0.1) is 0 Å². The lowest BCUT2D eigenvalue weighted by Crippen LogP contribution is -2.53. The number of anilines is 1. The van der Waals surface area contributed by atoms with Crippen LogP contribution in [0.5, 0.6) is 0 Å². The number of carboxylic acids is 1. The quantitative estimate of drug-likeness (QED) is 0.0968. The van der Waals surface area contributed by atoms with E-state index in [1.807, 2.05) is 37.3 Å². The van der Waals surface area contributed by atoms with Gasteiger partial charge in [0.15, 0.2) is 0 Å². The molecule has 2 atom stereocenters. The zero-order chi connectivity index (χ0) is 33.3. The number of hydrogen-bond acceptors (Lipinski definition) is 5. The van der Waals surface area contributed by atoms with Gasteiger partial charge in [0.1, 0.15) is 11.9 Å². The number of aromatic nitrogens is 1. The van der Waals surface area contributed by atoms with E-state index in [-0.39, 0.29) is 31.6 Å². The van der Waals surface area contributed by atoms with Crippen LogP contribution in [0.2, 0.25) is 0 Å². The SMILES string of the molecule is CCCCCCCc1ccc(C[C@@H](CC(N)=O)N(CCCC)C(=O)[C@H](CCCC(=O)O)N(C=O)c2ccc3ccccc3n2)cc1. The number of nitrogens with two attached hydrogens (primary N) is 1. The summed E-state index contributed by atoms with van der Waals surface area (Å²) in [6.07, 6.45) is 9.74. The lowest BCUT2D eigenvalue weighted by Gasteiger charge is -2.37. The van der Waals surface area contributed by atoms with Gasteiger partial charge in [0, 0.05) is 30.8 Å². The Morgan fingerprint density at radius 2 is 1.57 bits per heavy atom. The van der Waals surface area contributed by atoms with Crippen molar-refractivity contribution in [3.63, 3.8) is 0 Å². The van der Waals surface area contributed by atoms with E-state index in [9.17, 15) is 24.3 Å². The first-order chi connectivity index (χ1) is 22.3. The molecule has 3 rings (SSSR count). The smallest absolute Gasteiger partial charge is 0.303 e. The molecule has 0 bridgehead atoms. The fourth-order valence-corrected chi connectivity index (χ4v) is 5.88. The average molecular weight is 631 g/mol. The van der Waals surface area contributed by atoms with Crippen LogP contribution in [-0.4, -0.2) is 57.8 Å². The van der Waals surface area contributed by atoms with Crippen molar-refractivity contribution in [3.8, 4) is 0 Å². The molecule has 0 aliphatic carbocycles. The third kappa shape index (κ3) is 11.3. The summed E-state index contributed by atoms with van der Waals surface area (Å²) in [5.41, 5.74) is 8.64. The number of para-hydroxylation sites is 1. The number of primary amides is 1. The molecule has 0 unspecified atom stereocenters. The van der Waals surface area contributed by atoms with Gasteiger partial charge in [0.05, 0.1) is 5.52 Å². The number of pyridine rings is 1. The summed E-state index contributed by atoms with van der Waals surface area (Å²) in [7, 11) is 0. The van der Waals surface area contributed by atoms with Crippen molar-refractivity contribution in [3.05, 3.63) is 71.8 Å². The van der Waals surface area contributed by atoms with Gasteiger partial charge < -0.3 is 15.7 Å². The topological polar surface area (TPSA) is 134 Å². The first-order valence-corrected chi connectivity index (χ1v) is 16.7. The van der Waals surface area contributed by atoms with Crippen LogP contribution >= 0.6 is 0 Å². The molecule has 0 saturated carbocycles. The van der Waals surface area contributed by atoms with Crippen LogP contribution in [0.25, 0.3) is 10.9 Å². The van der Waals surface area contributed by atoms with Crippen LogP contribution in [-0.2, 0) is 32.0 Å². The van der Waals surface area contributed by atoms with E-state index in [2.05, 4.69) is 36.2 Å². The van der Waals surface area contributed by atoms with Crippen molar-refractivity contribution in [2.45, 2.75) is 109 Å². The zero-order valence-electron chi connectivity index (χ0n) is 27.4. The van der Waals surface area contributed by atoms with E-state index in [1.165, 1.54) is 36.1 Å². The first kappa shape index (κ1) is 36.2. The van der Waals surface area contributed by atoms with E-state index < -0.39 is 24.0 Å². The number of carboxylic acid groups (broad SMARTS) is 1. The molecule has 248 valence electrons. The Hall–Kier alpha value is -4.27. The van der Waals surface area contributed by atoms with Crippen molar-refractivity contribution < 1.29 is 24.3 Å². The van der Waals surface area contributed by atoms with E-state index in [0.717, 1.165) is 30.2 Å². The molecule has 3 N–H and O–H groups in total. The molecule has 0 fully saturated rings. The minimum Gasteiger partial charge on any atom is -0.481 e. The second kappa shape index (κ2) is 19.3. The standard InChI is InChI=1S/C37H50N4O5/c1-3-5-7-8-9-13-28-18-20-29(21-19-28)25-31(26-34(38)43)40(24-6-4-2)37(46)33(16-12-17-36(44)45)41(27-42)35-23-22-30-14-10-11-15-32(30)39-35/h10-11,14-15,18-23,27,31,33H,3-9,12-13,16-17,24-26H2,1-2H3,(H2,38,43)(H,44,45)/t31-,33-/m0/s1. The van der Waals surface area contributed by atoms with Gasteiger partial charge in [0.25, 0.3) is 0 Å². The largest absolute Gasteiger partial charge is 0.481 e. The Kier molecular flexibility index (Phi) is 15.2. The van der Waals surface area contributed by atoms with Crippen molar-refractivity contribution >= 4 is 40.9 Å². The van der Waals surface area contributed by atoms with Gasteiger partial charge in [-0.15, -0.1) is 0 Å². The molecule has 0 radical (unpaired) electrons. The molecule has 9 heteroatoms. The van der Waals surface area contributed by atoms with Crippen molar-refractivity contribution in [1.82, 2.24) is 9.88 Å². The Labute approximate surface area is 273 Å². The summed E-state index contributed by atoms with van der Waals surface area (Å²) in [5, 5.41) is 10.2. The molecule has 0 aliphatic rings. The Morgan fingerprint density at radius 3 is 2.24 bits per heavy atom. The molecular weight excluding hydrogens is 580 g/mol. The number of nitrogens with zero attached hydrogens (tertiary/aromatic N) is 3. The van der Waals surface area contributed by atoms with Crippen molar-refractivity contribution in [2.75, 3.05) is 11.4 Å². The molecule has 3 amide bonds. The van der Waals surface area contributed by atoms with Crippen LogP contribution < -0.4 is 10.6 Å². The first-order valence-electron chi connectivity index (χ1n) is 16.7. The van der Waals surface area contributed by atoms with E-state index in [4.69, 9.17) is 5.73 Å². The summed E-state index contributed by atoms with van der Waals surface area (Å²) < 4.78 is 0. The number of fused-ring (bicyclic) bond motifs is 1.